The molecule has 31 heavy (non-hydrogen) atoms. The zero-order valence-corrected chi connectivity index (χ0v) is 18.2. The third kappa shape index (κ3) is 5.08. The number of nitrogens with zero attached hydrogens (tertiary/aromatic N) is 2. The Balaban J connectivity index is 1.40. The molecular weight excluding hydrogens is 412 g/mol. The average molecular weight is 439 g/mol. The first-order valence-electron chi connectivity index (χ1n) is 10.7. The zero-order chi connectivity index (χ0) is 21.8. The maximum absolute atomic E-state index is 13.0. The van der Waals surface area contributed by atoms with Crippen molar-refractivity contribution in [2.24, 2.45) is 0 Å². The van der Waals surface area contributed by atoms with E-state index in [9.17, 15) is 13.2 Å². The van der Waals surface area contributed by atoms with E-state index in [2.05, 4.69) is 6.07 Å². The van der Waals surface area contributed by atoms with Crippen molar-refractivity contribution in [3.63, 3.8) is 0 Å². The van der Waals surface area contributed by atoms with Crippen LogP contribution in [-0.2, 0) is 14.6 Å². The van der Waals surface area contributed by atoms with Crippen molar-refractivity contribution in [2.45, 2.75) is 44.2 Å². The van der Waals surface area contributed by atoms with E-state index in [1.165, 1.54) is 0 Å². The highest BCUT2D eigenvalue weighted by molar-refractivity contribution is 7.91. The van der Waals surface area contributed by atoms with Crippen LogP contribution in [0.3, 0.4) is 0 Å². The maximum atomic E-state index is 13.0. The van der Waals surface area contributed by atoms with Crippen molar-refractivity contribution in [2.75, 3.05) is 18.1 Å². The Bertz CT molecular complexity index is 1070. The lowest BCUT2D eigenvalue weighted by molar-refractivity contribution is -0.137. The highest BCUT2D eigenvalue weighted by atomic mass is 32.2. The first kappa shape index (κ1) is 21.4. The predicted molar refractivity (Wildman–Crippen MR) is 118 cm³/mol. The molecule has 2 aromatic carbocycles. The lowest BCUT2D eigenvalue weighted by Gasteiger charge is -2.34. The standard InChI is InChI=1S/C24H26N2O4S/c25-15-18-5-7-19(8-6-18)20-9-11-23(12-10-20)30-16-24(27)26(21-3-1-2-4-21)22-13-14-31(28,29)17-22/h5-12,21-22H,1-4,13-14,16-17H2/t22-/m1/s1. The van der Waals surface area contributed by atoms with Crippen molar-refractivity contribution in [1.29, 1.82) is 5.26 Å². The van der Waals surface area contributed by atoms with Gasteiger partial charge in [-0.2, -0.15) is 5.26 Å². The lowest BCUT2D eigenvalue weighted by atomic mass is 10.0. The third-order valence-electron chi connectivity index (χ3n) is 6.17. The minimum Gasteiger partial charge on any atom is -0.484 e. The number of carbonyl (C=O) groups excluding carboxylic acids is 1. The van der Waals surface area contributed by atoms with Gasteiger partial charge in [-0.3, -0.25) is 4.79 Å². The number of hydrogen-bond acceptors (Lipinski definition) is 5. The Morgan fingerprint density at radius 3 is 2.13 bits per heavy atom. The second-order valence-electron chi connectivity index (χ2n) is 8.30. The number of ether oxygens (including phenoxy) is 1. The smallest absolute Gasteiger partial charge is 0.261 e. The second-order valence-corrected chi connectivity index (χ2v) is 10.5. The van der Waals surface area contributed by atoms with Crippen LogP contribution < -0.4 is 4.74 Å². The molecule has 0 N–H and O–H groups in total. The minimum atomic E-state index is -3.06. The van der Waals surface area contributed by atoms with Gasteiger partial charge in [-0.1, -0.05) is 37.1 Å². The Kier molecular flexibility index (Phi) is 6.28. The van der Waals surface area contributed by atoms with Gasteiger partial charge in [-0.25, -0.2) is 8.42 Å². The molecule has 162 valence electrons. The monoisotopic (exact) mass is 438 g/mol. The summed E-state index contributed by atoms with van der Waals surface area (Å²) in [6.07, 6.45) is 4.53. The van der Waals surface area contributed by atoms with E-state index in [1.54, 1.807) is 12.1 Å². The first-order valence-corrected chi connectivity index (χ1v) is 12.5. The zero-order valence-electron chi connectivity index (χ0n) is 17.4. The highest BCUT2D eigenvalue weighted by Gasteiger charge is 2.39. The minimum absolute atomic E-state index is 0.0640. The average Bonchev–Trinajstić information content (AvgIpc) is 3.43. The van der Waals surface area contributed by atoms with Gasteiger partial charge in [0.25, 0.3) is 5.91 Å². The van der Waals surface area contributed by atoms with E-state index in [0.29, 0.717) is 17.7 Å². The second kappa shape index (κ2) is 9.11. The summed E-state index contributed by atoms with van der Waals surface area (Å²) in [6.45, 7) is -0.0940. The molecule has 6 nitrogen and oxygen atoms in total. The molecule has 1 saturated heterocycles. The molecule has 1 saturated carbocycles. The Hall–Kier alpha value is -2.85. The van der Waals surface area contributed by atoms with Crippen molar-refractivity contribution in [3.8, 4) is 22.9 Å². The molecule has 1 heterocycles. The molecule has 2 aromatic rings. The number of sulfone groups is 1. The van der Waals surface area contributed by atoms with Crippen LogP contribution in [-0.4, -0.2) is 49.4 Å². The molecule has 4 rings (SSSR count). The predicted octanol–water partition coefficient (Wildman–Crippen LogP) is 3.56. The van der Waals surface area contributed by atoms with Gasteiger partial charge in [0.2, 0.25) is 0 Å². The molecule has 0 aromatic heterocycles. The van der Waals surface area contributed by atoms with E-state index in [0.717, 1.165) is 36.8 Å². The molecule has 0 spiro atoms. The van der Waals surface area contributed by atoms with E-state index in [1.807, 2.05) is 41.3 Å². The largest absolute Gasteiger partial charge is 0.484 e. The summed E-state index contributed by atoms with van der Waals surface area (Å²) in [5, 5.41) is 8.92. The molecule has 0 radical (unpaired) electrons. The number of carbonyl (C=O) groups is 1. The van der Waals surface area contributed by atoms with Crippen LogP contribution in [0.5, 0.6) is 5.75 Å². The van der Waals surface area contributed by atoms with Crippen LogP contribution in [0.2, 0.25) is 0 Å². The van der Waals surface area contributed by atoms with Gasteiger partial charge in [-0.15, -0.1) is 0 Å². The fraction of sp³-hybridized carbons (Fsp3) is 0.417. The SMILES string of the molecule is N#Cc1ccc(-c2ccc(OCC(=O)N(C3CCCC3)[C@@H]3CCS(=O)(=O)C3)cc2)cc1. The fourth-order valence-corrected chi connectivity index (χ4v) is 6.29. The van der Waals surface area contributed by atoms with Crippen LogP contribution in [0.15, 0.2) is 48.5 Å². The van der Waals surface area contributed by atoms with Crippen LogP contribution in [0.25, 0.3) is 11.1 Å². The van der Waals surface area contributed by atoms with Crippen molar-refractivity contribution < 1.29 is 17.9 Å². The summed E-state index contributed by atoms with van der Waals surface area (Å²) in [4.78, 5) is 14.8. The van der Waals surface area contributed by atoms with E-state index >= 15 is 0 Å². The summed E-state index contributed by atoms with van der Waals surface area (Å²) < 4.78 is 29.7. The quantitative estimate of drug-likeness (QED) is 0.688. The highest BCUT2D eigenvalue weighted by Crippen LogP contribution is 2.29. The Labute approximate surface area is 183 Å². The fourth-order valence-electron chi connectivity index (χ4n) is 4.58. The molecular formula is C24H26N2O4S. The van der Waals surface area contributed by atoms with Crippen LogP contribution in [0.1, 0.15) is 37.7 Å². The summed E-state index contributed by atoms with van der Waals surface area (Å²) >= 11 is 0. The van der Waals surface area contributed by atoms with Gasteiger partial charge >= 0.3 is 0 Å². The lowest BCUT2D eigenvalue weighted by Crippen LogP contribution is -2.48. The van der Waals surface area contributed by atoms with Gasteiger partial charge in [0, 0.05) is 12.1 Å². The summed E-state index contributed by atoms with van der Waals surface area (Å²) in [5.74, 6) is 0.682. The first-order chi connectivity index (χ1) is 14.9. The van der Waals surface area contributed by atoms with Gasteiger partial charge in [0.05, 0.1) is 23.1 Å². The summed E-state index contributed by atoms with van der Waals surface area (Å²) in [5.41, 5.74) is 2.60. The molecule has 1 atom stereocenters. The number of hydrogen-bond donors (Lipinski definition) is 0. The Morgan fingerprint density at radius 1 is 0.968 bits per heavy atom. The third-order valence-corrected chi connectivity index (χ3v) is 7.92. The summed E-state index contributed by atoms with van der Waals surface area (Å²) in [6, 6.07) is 16.8. The van der Waals surface area contributed by atoms with Crippen molar-refractivity contribution >= 4 is 15.7 Å². The molecule has 2 aliphatic rings. The van der Waals surface area contributed by atoms with Gasteiger partial charge in [0.1, 0.15) is 5.75 Å². The molecule has 7 heteroatoms. The normalized spacial score (nSPS) is 20.3. The number of nitriles is 1. The van der Waals surface area contributed by atoms with Crippen LogP contribution in [0.4, 0.5) is 0 Å². The van der Waals surface area contributed by atoms with E-state index in [4.69, 9.17) is 10.00 Å². The molecule has 2 fully saturated rings. The number of benzene rings is 2. The molecule has 0 bridgehead atoms. The number of amides is 1. The van der Waals surface area contributed by atoms with Crippen molar-refractivity contribution in [3.05, 3.63) is 54.1 Å². The van der Waals surface area contributed by atoms with Gasteiger partial charge in [-0.05, 0) is 54.7 Å². The van der Waals surface area contributed by atoms with Crippen LogP contribution in [0, 0.1) is 11.3 Å². The van der Waals surface area contributed by atoms with Gasteiger partial charge < -0.3 is 9.64 Å². The Morgan fingerprint density at radius 2 is 1.58 bits per heavy atom. The van der Waals surface area contributed by atoms with Crippen LogP contribution >= 0.6 is 0 Å². The molecule has 1 aliphatic heterocycles. The van der Waals surface area contributed by atoms with E-state index < -0.39 is 9.84 Å². The molecule has 0 unspecified atom stereocenters. The van der Waals surface area contributed by atoms with E-state index in [-0.39, 0.29) is 36.1 Å². The molecule has 1 aliphatic carbocycles. The topological polar surface area (TPSA) is 87.5 Å². The summed E-state index contributed by atoms with van der Waals surface area (Å²) in [7, 11) is -3.06. The molecule has 1 amide bonds. The maximum Gasteiger partial charge on any atom is 0.261 e. The van der Waals surface area contributed by atoms with Gasteiger partial charge in [0.15, 0.2) is 16.4 Å². The van der Waals surface area contributed by atoms with Crippen molar-refractivity contribution in [1.82, 2.24) is 4.90 Å². The number of rotatable bonds is 6.